The highest BCUT2D eigenvalue weighted by molar-refractivity contribution is 7.98. The van der Waals surface area contributed by atoms with Gasteiger partial charge in [-0.1, -0.05) is 32.4 Å². The first-order valence-corrected chi connectivity index (χ1v) is 14.7. The number of hydrogen-bond acceptors (Lipinski definition) is 9. The van der Waals surface area contributed by atoms with E-state index in [2.05, 4.69) is 29.8 Å². The van der Waals surface area contributed by atoms with Crippen LogP contribution in [0.4, 0.5) is 0 Å². The van der Waals surface area contributed by atoms with E-state index in [0.717, 1.165) is 12.0 Å². The molecule has 3 rings (SSSR count). The van der Waals surface area contributed by atoms with Gasteiger partial charge in [-0.05, 0) is 43.3 Å². The van der Waals surface area contributed by atoms with Crippen LogP contribution in [0.25, 0.3) is 0 Å². The summed E-state index contributed by atoms with van der Waals surface area (Å²) in [7, 11) is 1.30. The quantitative estimate of drug-likeness (QED) is 0.215. The number of benzene rings is 1. The number of ether oxygens (including phenoxy) is 3. The van der Waals surface area contributed by atoms with Gasteiger partial charge in [0, 0.05) is 18.5 Å². The summed E-state index contributed by atoms with van der Waals surface area (Å²) in [5, 5.41) is 8.61. The number of nitrogens with zero attached hydrogens (tertiary/aromatic N) is 1. The van der Waals surface area contributed by atoms with Crippen molar-refractivity contribution in [3.63, 3.8) is 0 Å². The van der Waals surface area contributed by atoms with Gasteiger partial charge in [0.25, 0.3) is 0 Å². The second-order valence-corrected chi connectivity index (χ2v) is 10.9. The standard InChI is InChI=1S/C27H40N4O7S/c1-5-17(2)13-22(30-26(34)19-9-10-23(32)28-19)31(14-18-7-6-8-21-25(18)38-16-37-21)15-24(33)29-20(11-12-39-4)27(35)36-3/h6-8,17,19-20,22H,5,9-16H2,1-4H3,(H,28,32)(H,29,33)(H,30,34)/t17-,19-,20-,22?/m0/s1. The molecule has 3 amide bonds. The Bertz CT molecular complexity index is 1020. The van der Waals surface area contributed by atoms with Crippen molar-refractivity contribution < 1.29 is 33.4 Å². The molecule has 0 spiro atoms. The summed E-state index contributed by atoms with van der Waals surface area (Å²) in [4.78, 5) is 52.4. The second-order valence-electron chi connectivity index (χ2n) is 9.91. The van der Waals surface area contributed by atoms with Crippen molar-refractivity contribution in [1.82, 2.24) is 20.9 Å². The number of hydrogen-bond donors (Lipinski definition) is 3. The minimum absolute atomic E-state index is 0.0876. The molecule has 1 unspecified atom stereocenters. The maximum Gasteiger partial charge on any atom is 0.328 e. The lowest BCUT2D eigenvalue weighted by Gasteiger charge is -2.34. The Labute approximate surface area is 234 Å². The monoisotopic (exact) mass is 564 g/mol. The molecule has 1 saturated heterocycles. The highest BCUT2D eigenvalue weighted by atomic mass is 32.2. The average Bonchev–Trinajstić information content (AvgIpc) is 3.59. The van der Waals surface area contributed by atoms with Gasteiger partial charge < -0.3 is 30.2 Å². The molecule has 2 aliphatic heterocycles. The van der Waals surface area contributed by atoms with E-state index < -0.39 is 24.2 Å². The Morgan fingerprint density at radius 1 is 1.26 bits per heavy atom. The predicted molar refractivity (Wildman–Crippen MR) is 147 cm³/mol. The summed E-state index contributed by atoms with van der Waals surface area (Å²) in [5.74, 6) is 0.834. The number of nitrogens with one attached hydrogen (secondary N) is 3. The van der Waals surface area contributed by atoms with Crippen LogP contribution < -0.4 is 25.4 Å². The number of amides is 3. The van der Waals surface area contributed by atoms with Crippen LogP contribution >= 0.6 is 11.8 Å². The van der Waals surface area contributed by atoms with E-state index in [1.807, 2.05) is 29.4 Å². The van der Waals surface area contributed by atoms with Gasteiger partial charge in [0.2, 0.25) is 24.5 Å². The van der Waals surface area contributed by atoms with Gasteiger partial charge in [0.1, 0.15) is 12.1 Å². The van der Waals surface area contributed by atoms with E-state index in [9.17, 15) is 19.2 Å². The summed E-state index contributed by atoms with van der Waals surface area (Å²) in [6.07, 6.45) is 4.03. The fraction of sp³-hybridized carbons (Fsp3) is 0.630. The van der Waals surface area contributed by atoms with Crippen molar-refractivity contribution in [2.75, 3.05) is 32.5 Å². The molecule has 1 aromatic carbocycles. The Kier molecular flexibility index (Phi) is 11.7. The highest BCUT2D eigenvalue weighted by Gasteiger charge is 2.33. The van der Waals surface area contributed by atoms with Crippen LogP contribution in [0, 0.1) is 5.92 Å². The van der Waals surface area contributed by atoms with Gasteiger partial charge in [-0.15, -0.1) is 0 Å². The summed E-state index contributed by atoms with van der Waals surface area (Å²) in [6.45, 7) is 4.46. The maximum absolute atomic E-state index is 13.3. The molecule has 216 valence electrons. The van der Waals surface area contributed by atoms with Crippen molar-refractivity contribution in [3.05, 3.63) is 23.8 Å². The number of rotatable bonds is 15. The van der Waals surface area contributed by atoms with Crippen molar-refractivity contribution in [3.8, 4) is 11.5 Å². The van der Waals surface area contributed by atoms with Gasteiger partial charge in [-0.2, -0.15) is 11.8 Å². The zero-order valence-electron chi connectivity index (χ0n) is 23.1. The summed E-state index contributed by atoms with van der Waals surface area (Å²) < 4.78 is 16.1. The molecule has 0 saturated carbocycles. The van der Waals surface area contributed by atoms with Crippen molar-refractivity contribution in [2.45, 2.75) is 70.7 Å². The molecule has 0 bridgehead atoms. The molecule has 1 aromatic rings. The van der Waals surface area contributed by atoms with Gasteiger partial charge in [0.05, 0.1) is 19.8 Å². The van der Waals surface area contributed by atoms with E-state index >= 15 is 0 Å². The van der Waals surface area contributed by atoms with Crippen LogP contribution in [0.3, 0.4) is 0 Å². The Morgan fingerprint density at radius 3 is 2.72 bits per heavy atom. The molecule has 0 aliphatic carbocycles. The van der Waals surface area contributed by atoms with Gasteiger partial charge in [-0.25, -0.2) is 4.79 Å². The Morgan fingerprint density at radius 2 is 2.05 bits per heavy atom. The van der Waals surface area contributed by atoms with Gasteiger partial charge in [-0.3, -0.25) is 19.3 Å². The molecule has 2 heterocycles. The summed E-state index contributed by atoms with van der Waals surface area (Å²) in [5.41, 5.74) is 0.808. The fourth-order valence-corrected chi connectivity index (χ4v) is 5.06. The third-order valence-corrected chi connectivity index (χ3v) is 7.66. The molecule has 0 radical (unpaired) electrons. The normalized spacial score (nSPS) is 18.3. The third kappa shape index (κ3) is 8.76. The molecule has 39 heavy (non-hydrogen) atoms. The lowest BCUT2D eigenvalue weighted by atomic mass is 10.0. The number of para-hydroxylation sites is 1. The van der Waals surface area contributed by atoms with Crippen LogP contribution in [0.5, 0.6) is 11.5 Å². The van der Waals surface area contributed by atoms with Crippen LogP contribution in [-0.4, -0.2) is 79.3 Å². The van der Waals surface area contributed by atoms with Gasteiger partial charge in [0.15, 0.2) is 11.5 Å². The third-order valence-electron chi connectivity index (χ3n) is 7.01. The van der Waals surface area contributed by atoms with Crippen LogP contribution in [-0.2, 0) is 30.5 Å². The Hall–Kier alpha value is -2.99. The molecule has 11 nitrogen and oxygen atoms in total. The molecule has 3 N–H and O–H groups in total. The highest BCUT2D eigenvalue weighted by Crippen LogP contribution is 2.36. The van der Waals surface area contributed by atoms with Crippen molar-refractivity contribution in [1.29, 1.82) is 0 Å². The number of fused-ring (bicyclic) bond motifs is 1. The lowest BCUT2D eigenvalue weighted by molar-refractivity contribution is -0.145. The maximum atomic E-state index is 13.3. The van der Waals surface area contributed by atoms with E-state index in [-0.39, 0.29) is 43.5 Å². The first-order valence-electron chi connectivity index (χ1n) is 13.3. The molecule has 2 aliphatic rings. The number of carbonyl (C=O) groups excluding carboxylic acids is 4. The molecule has 12 heteroatoms. The lowest BCUT2D eigenvalue weighted by Crippen LogP contribution is -2.56. The van der Waals surface area contributed by atoms with Crippen LogP contribution in [0.1, 0.15) is 51.5 Å². The summed E-state index contributed by atoms with van der Waals surface area (Å²) in [6, 6.07) is 4.18. The predicted octanol–water partition coefficient (Wildman–Crippen LogP) is 1.79. The minimum atomic E-state index is -0.772. The smallest absolute Gasteiger partial charge is 0.328 e. The van der Waals surface area contributed by atoms with Crippen molar-refractivity contribution >= 4 is 35.5 Å². The largest absolute Gasteiger partial charge is 0.467 e. The molecular formula is C27H40N4O7S. The van der Waals surface area contributed by atoms with Gasteiger partial charge >= 0.3 is 5.97 Å². The van der Waals surface area contributed by atoms with E-state index in [0.29, 0.717) is 42.9 Å². The van der Waals surface area contributed by atoms with Crippen LogP contribution in [0.2, 0.25) is 0 Å². The number of thioether (sulfide) groups is 1. The molecule has 1 fully saturated rings. The number of methoxy groups -OCH3 is 1. The SMILES string of the molecule is CC[C@H](C)CC(NC(=O)[C@@H]1CCC(=O)N1)N(CC(=O)N[C@@H](CCSC)C(=O)OC)Cc1cccc2c1OCO2. The second kappa shape index (κ2) is 15.0. The topological polar surface area (TPSA) is 135 Å². The minimum Gasteiger partial charge on any atom is -0.467 e. The zero-order valence-corrected chi connectivity index (χ0v) is 23.9. The molecular weight excluding hydrogens is 524 g/mol. The van der Waals surface area contributed by atoms with Crippen molar-refractivity contribution in [2.24, 2.45) is 5.92 Å². The number of esters is 1. The Balaban J connectivity index is 1.86. The first-order chi connectivity index (χ1) is 18.7. The van der Waals surface area contributed by atoms with E-state index in [1.165, 1.54) is 7.11 Å². The van der Waals surface area contributed by atoms with E-state index in [4.69, 9.17) is 14.2 Å². The first kappa shape index (κ1) is 30.6. The summed E-state index contributed by atoms with van der Waals surface area (Å²) >= 11 is 1.57. The fourth-order valence-electron chi connectivity index (χ4n) is 4.58. The zero-order chi connectivity index (χ0) is 28.4. The molecule has 0 aromatic heterocycles. The average molecular weight is 565 g/mol. The van der Waals surface area contributed by atoms with E-state index in [1.54, 1.807) is 11.8 Å². The number of carbonyl (C=O) groups is 4. The van der Waals surface area contributed by atoms with Crippen LogP contribution in [0.15, 0.2) is 18.2 Å². The molecule has 4 atom stereocenters.